The summed E-state index contributed by atoms with van der Waals surface area (Å²) >= 11 is 0. The number of nitrogens with two attached hydrogens (primary N) is 1. The molecule has 0 heterocycles. The molecular weight excluding hydrogens is 182 g/mol. The van der Waals surface area contributed by atoms with Crippen LogP contribution in [0.5, 0.6) is 0 Å². The summed E-state index contributed by atoms with van der Waals surface area (Å²) in [5.74, 6) is -0.225. The van der Waals surface area contributed by atoms with Gasteiger partial charge in [-0.25, -0.2) is 4.79 Å². The van der Waals surface area contributed by atoms with Gasteiger partial charge >= 0.3 is 6.03 Å². The number of imide groups is 1. The molecule has 0 aromatic carbocycles. The van der Waals surface area contributed by atoms with Crippen LogP contribution in [0.15, 0.2) is 0 Å². The van der Waals surface area contributed by atoms with Crippen molar-refractivity contribution < 1.29 is 9.59 Å². The third kappa shape index (κ3) is 3.33. The number of nitrogens with zero attached hydrogens (tertiary/aromatic N) is 1. The van der Waals surface area contributed by atoms with Gasteiger partial charge in [0.1, 0.15) is 0 Å². The molecule has 1 aliphatic carbocycles. The molecule has 0 unspecified atom stereocenters. The zero-order valence-corrected chi connectivity index (χ0v) is 8.45. The molecule has 3 amide bonds. The Labute approximate surface area is 83.6 Å². The van der Waals surface area contributed by atoms with Crippen molar-refractivity contribution in [3.63, 3.8) is 0 Å². The lowest BCUT2D eigenvalue weighted by molar-refractivity contribution is -0.126. The van der Waals surface area contributed by atoms with Crippen LogP contribution in [-0.2, 0) is 4.79 Å². The van der Waals surface area contributed by atoms with Gasteiger partial charge in [0.05, 0.1) is 0 Å². The summed E-state index contributed by atoms with van der Waals surface area (Å²) in [4.78, 5) is 23.8. The molecule has 0 spiro atoms. The minimum absolute atomic E-state index is 0.225. The Bertz CT molecular complexity index is 226. The smallest absolute Gasteiger partial charge is 0.324 e. The minimum atomic E-state index is -0.284. The Kier molecular flexibility index (Phi) is 3.88. The van der Waals surface area contributed by atoms with Gasteiger partial charge in [0.2, 0.25) is 5.91 Å². The van der Waals surface area contributed by atoms with Crippen molar-refractivity contribution >= 4 is 11.9 Å². The molecule has 0 bridgehead atoms. The number of carbonyl (C=O) groups excluding carboxylic acids is 2. The highest BCUT2D eigenvalue weighted by Crippen LogP contribution is 2.18. The molecule has 3 N–H and O–H groups in total. The minimum Gasteiger partial charge on any atom is -0.335 e. The molecule has 0 atom stereocenters. The second kappa shape index (κ2) is 4.95. The van der Waals surface area contributed by atoms with Crippen molar-refractivity contribution in [1.82, 2.24) is 10.2 Å². The summed E-state index contributed by atoms with van der Waals surface area (Å²) < 4.78 is 0. The van der Waals surface area contributed by atoms with Crippen LogP contribution >= 0.6 is 0 Å². The molecule has 5 heteroatoms. The average molecular weight is 199 g/mol. The van der Waals surface area contributed by atoms with E-state index in [9.17, 15) is 9.59 Å². The molecule has 14 heavy (non-hydrogen) atoms. The molecule has 0 aromatic rings. The van der Waals surface area contributed by atoms with Crippen LogP contribution in [0.4, 0.5) is 4.79 Å². The predicted molar refractivity (Wildman–Crippen MR) is 52.6 cm³/mol. The van der Waals surface area contributed by atoms with E-state index in [1.165, 1.54) is 11.8 Å². The lowest BCUT2D eigenvalue weighted by Gasteiger charge is -2.19. The number of nitrogens with one attached hydrogen (secondary N) is 1. The maximum Gasteiger partial charge on any atom is 0.324 e. The van der Waals surface area contributed by atoms with Crippen LogP contribution < -0.4 is 11.1 Å². The molecule has 1 rings (SSSR count). The largest absolute Gasteiger partial charge is 0.335 e. The van der Waals surface area contributed by atoms with E-state index in [1.54, 1.807) is 0 Å². The second-order valence-electron chi connectivity index (χ2n) is 3.54. The summed E-state index contributed by atoms with van der Waals surface area (Å²) in [7, 11) is 0. The fraction of sp³-hybridized carbons (Fsp3) is 0.778. The van der Waals surface area contributed by atoms with E-state index < -0.39 is 0 Å². The molecule has 0 aromatic heterocycles. The number of rotatable bonds is 4. The van der Waals surface area contributed by atoms with E-state index in [2.05, 4.69) is 5.32 Å². The Balaban J connectivity index is 2.38. The second-order valence-corrected chi connectivity index (χ2v) is 3.54. The number of urea groups is 1. The monoisotopic (exact) mass is 199 g/mol. The summed E-state index contributed by atoms with van der Waals surface area (Å²) in [5, 5.41) is 2.77. The van der Waals surface area contributed by atoms with E-state index in [-0.39, 0.29) is 18.0 Å². The maximum atomic E-state index is 11.5. The summed E-state index contributed by atoms with van der Waals surface area (Å²) in [5.41, 5.74) is 5.32. The number of hydrogen-bond acceptors (Lipinski definition) is 3. The molecule has 0 saturated heterocycles. The third-order valence-electron chi connectivity index (χ3n) is 2.12. The third-order valence-corrected chi connectivity index (χ3v) is 2.12. The van der Waals surface area contributed by atoms with Crippen molar-refractivity contribution in [2.75, 3.05) is 13.1 Å². The van der Waals surface area contributed by atoms with Gasteiger partial charge in [-0.1, -0.05) is 0 Å². The molecule has 1 fully saturated rings. The molecule has 80 valence electrons. The molecule has 0 radical (unpaired) electrons. The van der Waals surface area contributed by atoms with Crippen LogP contribution in [0.2, 0.25) is 0 Å². The molecule has 1 saturated carbocycles. The van der Waals surface area contributed by atoms with Crippen molar-refractivity contribution in [2.24, 2.45) is 5.73 Å². The topological polar surface area (TPSA) is 75.4 Å². The zero-order chi connectivity index (χ0) is 10.6. The molecule has 1 aliphatic rings. The summed E-state index contributed by atoms with van der Waals surface area (Å²) in [6, 6.07) is -0.00400. The van der Waals surface area contributed by atoms with Crippen LogP contribution in [-0.4, -0.2) is 36.0 Å². The quantitative estimate of drug-likeness (QED) is 0.672. The van der Waals surface area contributed by atoms with Gasteiger partial charge in [0.15, 0.2) is 0 Å². The van der Waals surface area contributed by atoms with Crippen LogP contribution in [0.1, 0.15) is 26.2 Å². The first kappa shape index (κ1) is 11.0. The fourth-order valence-electron chi connectivity index (χ4n) is 1.13. The van der Waals surface area contributed by atoms with E-state index in [0.717, 1.165) is 12.8 Å². The van der Waals surface area contributed by atoms with Crippen molar-refractivity contribution in [3.8, 4) is 0 Å². The Morgan fingerprint density at radius 2 is 2.14 bits per heavy atom. The standard InChI is InChI=1S/C9H17N3O2/c1-7(13)12(6-2-5-10)9(14)11-8-3-4-8/h8H,2-6,10H2,1H3,(H,11,14). The van der Waals surface area contributed by atoms with Gasteiger partial charge in [-0.2, -0.15) is 0 Å². The van der Waals surface area contributed by atoms with Gasteiger partial charge in [0, 0.05) is 19.5 Å². The first-order valence-electron chi connectivity index (χ1n) is 4.94. The highest BCUT2D eigenvalue weighted by atomic mass is 16.2. The van der Waals surface area contributed by atoms with Crippen molar-refractivity contribution in [2.45, 2.75) is 32.2 Å². The summed E-state index contributed by atoms with van der Waals surface area (Å²) in [6.07, 6.45) is 2.69. The lowest BCUT2D eigenvalue weighted by atomic mass is 10.4. The maximum absolute atomic E-state index is 11.5. The van der Waals surface area contributed by atoms with E-state index in [4.69, 9.17) is 5.73 Å². The molecule has 5 nitrogen and oxygen atoms in total. The van der Waals surface area contributed by atoms with Gasteiger partial charge < -0.3 is 11.1 Å². The van der Waals surface area contributed by atoms with Crippen LogP contribution in [0.25, 0.3) is 0 Å². The van der Waals surface area contributed by atoms with E-state index in [1.807, 2.05) is 0 Å². The lowest BCUT2D eigenvalue weighted by Crippen LogP contribution is -2.44. The normalized spacial score (nSPS) is 15.0. The average Bonchev–Trinajstić information content (AvgIpc) is 2.88. The van der Waals surface area contributed by atoms with E-state index in [0.29, 0.717) is 19.5 Å². The molecule has 0 aliphatic heterocycles. The Morgan fingerprint density at radius 1 is 1.50 bits per heavy atom. The summed E-state index contributed by atoms with van der Waals surface area (Å²) in [6.45, 7) is 2.29. The van der Waals surface area contributed by atoms with Crippen LogP contribution in [0, 0.1) is 0 Å². The number of hydrogen-bond donors (Lipinski definition) is 2. The van der Waals surface area contributed by atoms with Gasteiger partial charge in [-0.3, -0.25) is 9.69 Å². The number of carbonyl (C=O) groups is 2. The first-order valence-corrected chi connectivity index (χ1v) is 4.94. The predicted octanol–water partition coefficient (Wildman–Crippen LogP) is 0.0557. The van der Waals surface area contributed by atoms with Gasteiger partial charge in [-0.05, 0) is 25.8 Å². The SMILES string of the molecule is CC(=O)N(CCCN)C(=O)NC1CC1. The van der Waals surface area contributed by atoms with Gasteiger partial charge in [-0.15, -0.1) is 0 Å². The highest BCUT2D eigenvalue weighted by molar-refractivity contribution is 5.93. The fourth-order valence-corrected chi connectivity index (χ4v) is 1.13. The van der Waals surface area contributed by atoms with Crippen LogP contribution in [0.3, 0.4) is 0 Å². The van der Waals surface area contributed by atoms with Crippen molar-refractivity contribution in [1.29, 1.82) is 0 Å². The number of amides is 3. The van der Waals surface area contributed by atoms with E-state index >= 15 is 0 Å². The first-order chi connectivity index (χ1) is 6.65. The van der Waals surface area contributed by atoms with Crippen molar-refractivity contribution in [3.05, 3.63) is 0 Å². The molecular formula is C9H17N3O2. The van der Waals surface area contributed by atoms with Gasteiger partial charge in [0.25, 0.3) is 0 Å². The Hall–Kier alpha value is -1.10. The highest BCUT2D eigenvalue weighted by Gasteiger charge is 2.26. The zero-order valence-electron chi connectivity index (χ0n) is 8.45. The Morgan fingerprint density at radius 3 is 2.57 bits per heavy atom.